The molecule has 1 atom stereocenters. The van der Waals surface area contributed by atoms with Gasteiger partial charge in [0.15, 0.2) is 0 Å². The number of hydrogen-bond donors (Lipinski definition) is 3. The van der Waals surface area contributed by atoms with Crippen LogP contribution in [-0.2, 0) is 9.59 Å². The fourth-order valence-corrected chi connectivity index (χ4v) is 2.69. The van der Waals surface area contributed by atoms with E-state index in [1.807, 2.05) is 57.2 Å². The number of benzene rings is 2. The first kappa shape index (κ1) is 16.1. The summed E-state index contributed by atoms with van der Waals surface area (Å²) in [6.07, 6.45) is 0.0755. The number of aryl methyl sites for hydroxylation is 3. The summed E-state index contributed by atoms with van der Waals surface area (Å²) >= 11 is 0. The molecule has 0 radical (unpaired) electrons. The van der Waals surface area contributed by atoms with Crippen molar-refractivity contribution in [3.63, 3.8) is 0 Å². The molecule has 0 bridgehead atoms. The van der Waals surface area contributed by atoms with Crippen molar-refractivity contribution in [3.05, 3.63) is 53.1 Å². The van der Waals surface area contributed by atoms with Crippen molar-refractivity contribution in [3.8, 4) is 0 Å². The molecule has 0 aliphatic carbocycles. The Morgan fingerprint density at radius 1 is 1.04 bits per heavy atom. The number of hydrogen-bond acceptors (Lipinski definition) is 3. The Labute approximate surface area is 141 Å². The smallest absolute Gasteiger partial charge is 0.247 e. The van der Waals surface area contributed by atoms with Crippen molar-refractivity contribution in [2.24, 2.45) is 0 Å². The summed E-state index contributed by atoms with van der Waals surface area (Å²) in [5.74, 6) is -0.386. The summed E-state index contributed by atoms with van der Waals surface area (Å²) in [5, 5.41) is 8.86. The molecule has 1 heterocycles. The van der Waals surface area contributed by atoms with Gasteiger partial charge >= 0.3 is 0 Å². The minimum absolute atomic E-state index is 0.0755. The van der Waals surface area contributed by atoms with Crippen molar-refractivity contribution < 1.29 is 9.59 Å². The summed E-state index contributed by atoms with van der Waals surface area (Å²) in [6.45, 7) is 6.01. The molecule has 0 saturated carbocycles. The van der Waals surface area contributed by atoms with E-state index in [-0.39, 0.29) is 18.2 Å². The average Bonchev–Trinajstić information content (AvgIpc) is 2.52. The molecule has 2 aromatic rings. The summed E-state index contributed by atoms with van der Waals surface area (Å²) in [7, 11) is 0. The van der Waals surface area contributed by atoms with E-state index < -0.39 is 6.04 Å². The Morgan fingerprint density at radius 3 is 2.33 bits per heavy atom. The van der Waals surface area contributed by atoms with Crippen LogP contribution in [-0.4, -0.2) is 17.9 Å². The number of nitrogens with one attached hydrogen (secondary N) is 3. The fraction of sp³-hybridized carbons (Fsp3) is 0.263. The molecule has 0 aromatic heterocycles. The van der Waals surface area contributed by atoms with Gasteiger partial charge in [-0.2, -0.15) is 0 Å². The van der Waals surface area contributed by atoms with Crippen LogP contribution in [0.4, 0.5) is 17.1 Å². The second-order valence-electron chi connectivity index (χ2n) is 6.29. The lowest BCUT2D eigenvalue weighted by Crippen LogP contribution is -2.41. The van der Waals surface area contributed by atoms with Crippen LogP contribution in [0.1, 0.15) is 23.1 Å². The maximum Gasteiger partial charge on any atom is 0.247 e. The van der Waals surface area contributed by atoms with Gasteiger partial charge in [0.1, 0.15) is 6.04 Å². The molecule has 0 saturated heterocycles. The van der Waals surface area contributed by atoms with E-state index in [9.17, 15) is 9.59 Å². The monoisotopic (exact) mass is 323 g/mol. The van der Waals surface area contributed by atoms with Gasteiger partial charge in [-0.15, -0.1) is 0 Å². The van der Waals surface area contributed by atoms with Gasteiger partial charge in [-0.05, 0) is 56.2 Å². The van der Waals surface area contributed by atoms with E-state index in [1.165, 1.54) is 0 Å². The molecule has 0 spiro atoms. The molecule has 3 rings (SSSR count). The lowest BCUT2D eigenvalue weighted by atomic mass is 10.0. The first-order chi connectivity index (χ1) is 11.4. The number of carbonyl (C=O) groups is 2. The van der Waals surface area contributed by atoms with Crippen LogP contribution in [0.2, 0.25) is 0 Å². The molecule has 5 nitrogen and oxygen atoms in total. The predicted octanol–water partition coefficient (Wildman–Crippen LogP) is 3.37. The van der Waals surface area contributed by atoms with Crippen molar-refractivity contribution in [1.82, 2.24) is 0 Å². The summed E-state index contributed by atoms with van der Waals surface area (Å²) in [5.41, 5.74) is 5.73. The molecule has 1 aliphatic rings. The van der Waals surface area contributed by atoms with Gasteiger partial charge < -0.3 is 16.0 Å². The number of fused-ring (bicyclic) bond motifs is 1. The van der Waals surface area contributed by atoms with Gasteiger partial charge in [0.25, 0.3) is 0 Å². The largest absolute Gasteiger partial charge is 0.372 e. The Morgan fingerprint density at radius 2 is 1.67 bits per heavy atom. The number of rotatable bonds is 3. The van der Waals surface area contributed by atoms with Crippen LogP contribution in [0.25, 0.3) is 0 Å². The highest BCUT2D eigenvalue weighted by molar-refractivity contribution is 6.06. The van der Waals surface area contributed by atoms with Gasteiger partial charge in [0.2, 0.25) is 11.8 Å². The van der Waals surface area contributed by atoms with Crippen LogP contribution in [0.5, 0.6) is 0 Å². The van der Waals surface area contributed by atoms with E-state index in [0.29, 0.717) is 0 Å². The van der Waals surface area contributed by atoms with E-state index in [0.717, 1.165) is 33.8 Å². The Hall–Kier alpha value is -2.82. The number of anilines is 3. The van der Waals surface area contributed by atoms with Crippen LogP contribution in [0.15, 0.2) is 36.4 Å². The lowest BCUT2D eigenvalue weighted by Gasteiger charge is -2.27. The molecule has 124 valence electrons. The zero-order valence-electron chi connectivity index (χ0n) is 14.1. The van der Waals surface area contributed by atoms with Crippen LogP contribution in [0, 0.1) is 20.8 Å². The minimum Gasteiger partial charge on any atom is -0.372 e. The molecular weight excluding hydrogens is 302 g/mol. The van der Waals surface area contributed by atoms with Crippen molar-refractivity contribution in [2.75, 3.05) is 16.0 Å². The topological polar surface area (TPSA) is 70.2 Å². The fourth-order valence-electron chi connectivity index (χ4n) is 2.69. The predicted molar refractivity (Wildman–Crippen MR) is 96.4 cm³/mol. The minimum atomic E-state index is -0.579. The maximum absolute atomic E-state index is 12.2. The molecule has 1 aliphatic heterocycles. The molecular formula is C19H21N3O2. The normalized spacial score (nSPS) is 16.0. The van der Waals surface area contributed by atoms with Crippen LogP contribution in [0.3, 0.4) is 0 Å². The van der Waals surface area contributed by atoms with Crippen LogP contribution < -0.4 is 16.0 Å². The van der Waals surface area contributed by atoms with Crippen molar-refractivity contribution >= 4 is 28.9 Å². The third-order valence-electron chi connectivity index (χ3n) is 4.26. The first-order valence-corrected chi connectivity index (χ1v) is 7.97. The van der Waals surface area contributed by atoms with Gasteiger partial charge in [0, 0.05) is 5.69 Å². The second kappa shape index (κ2) is 6.35. The lowest BCUT2D eigenvalue weighted by molar-refractivity contribution is -0.122. The number of carbonyl (C=O) groups excluding carboxylic acids is 2. The standard InChI is InChI=1S/C19H21N3O2/c1-11-4-6-14(7-5-11)20-18(23)10-17-19(24)22-16-9-13(3)12(2)8-15(16)21-17/h4-9,17,21H,10H2,1-3H3,(H,20,23)(H,22,24)/t17-/m0/s1. The third-order valence-corrected chi connectivity index (χ3v) is 4.26. The molecule has 2 aromatic carbocycles. The molecule has 24 heavy (non-hydrogen) atoms. The zero-order valence-corrected chi connectivity index (χ0v) is 14.1. The van der Waals surface area contributed by atoms with E-state index in [1.54, 1.807) is 0 Å². The van der Waals surface area contributed by atoms with Crippen molar-refractivity contribution in [2.45, 2.75) is 33.2 Å². The zero-order chi connectivity index (χ0) is 17.3. The van der Waals surface area contributed by atoms with Gasteiger partial charge in [-0.3, -0.25) is 9.59 Å². The number of amides is 2. The Balaban J connectivity index is 1.68. The highest BCUT2D eigenvalue weighted by Crippen LogP contribution is 2.30. The first-order valence-electron chi connectivity index (χ1n) is 7.97. The highest BCUT2D eigenvalue weighted by atomic mass is 16.2. The summed E-state index contributed by atoms with van der Waals surface area (Å²) in [6, 6.07) is 10.9. The van der Waals surface area contributed by atoms with Gasteiger partial charge in [-0.25, -0.2) is 0 Å². The molecule has 0 fully saturated rings. The Kier molecular flexibility index (Phi) is 4.25. The maximum atomic E-state index is 12.2. The van der Waals surface area contributed by atoms with Gasteiger partial charge in [-0.1, -0.05) is 17.7 Å². The molecule has 3 N–H and O–H groups in total. The summed E-state index contributed by atoms with van der Waals surface area (Å²) in [4.78, 5) is 24.4. The van der Waals surface area contributed by atoms with E-state index in [2.05, 4.69) is 16.0 Å². The average molecular weight is 323 g/mol. The molecule has 2 amide bonds. The highest BCUT2D eigenvalue weighted by Gasteiger charge is 2.27. The van der Waals surface area contributed by atoms with E-state index >= 15 is 0 Å². The molecule has 0 unspecified atom stereocenters. The van der Waals surface area contributed by atoms with Crippen molar-refractivity contribution in [1.29, 1.82) is 0 Å². The second-order valence-corrected chi connectivity index (χ2v) is 6.29. The quantitative estimate of drug-likeness (QED) is 0.811. The Bertz CT molecular complexity index is 797. The van der Waals surface area contributed by atoms with E-state index in [4.69, 9.17) is 0 Å². The SMILES string of the molecule is Cc1ccc(NC(=O)C[C@@H]2Nc3cc(C)c(C)cc3NC2=O)cc1. The third kappa shape index (κ3) is 3.40. The summed E-state index contributed by atoms with van der Waals surface area (Å²) < 4.78 is 0. The van der Waals surface area contributed by atoms with Gasteiger partial charge in [0.05, 0.1) is 17.8 Å². The van der Waals surface area contributed by atoms with Crippen LogP contribution >= 0.6 is 0 Å². The molecule has 5 heteroatoms.